The maximum Gasteiger partial charge on any atom is 0.191 e. The molecule has 0 saturated carbocycles. The molecular formula is C11H9NO2. The maximum atomic E-state index is 11.7. The van der Waals surface area contributed by atoms with Gasteiger partial charge in [-0.1, -0.05) is 24.3 Å². The van der Waals surface area contributed by atoms with E-state index in [0.29, 0.717) is 16.7 Å². The number of benzene rings is 1. The zero-order valence-corrected chi connectivity index (χ0v) is 7.49. The van der Waals surface area contributed by atoms with Gasteiger partial charge in [0, 0.05) is 23.2 Å². The molecule has 3 heteroatoms. The highest BCUT2D eigenvalue weighted by molar-refractivity contribution is 6.24. The minimum Gasteiger partial charge on any atom is -0.326 e. The van der Waals surface area contributed by atoms with E-state index in [2.05, 4.69) is 0 Å². The summed E-state index contributed by atoms with van der Waals surface area (Å²) in [5, 5.41) is 0. The van der Waals surface area contributed by atoms with Crippen LogP contribution in [0, 0.1) is 0 Å². The van der Waals surface area contributed by atoms with Crippen LogP contribution in [0.1, 0.15) is 20.7 Å². The molecule has 1 aromatic carbocycles. The highest BCUT2D eigenvalue weighted by atomic mass is 16.1. The van der Waals surface area contributed by atoms with Gasteiger partial charge in [0.15, 0.2) is 11.6 Å². The van der Waals surface area contributed by atoms with Crippen LogP contribution in [0.5, 0.6) is 0 Å². The average molecular weight is 187 g/mol. The molecule has 0 aliphatic heterocycles. The largest absolute Gasteiger partial charge is 0.326 e. The first-order valence-corrected chi connectivity index (χ1v) is 4.32. The first kappa shape index (κ1) is 8.84. The van der Waals surface area contributed by atoms with Crippen LogP contribution in [-0.2, 0) is 0 Å². The van der Waals surface area contributed by atoms with Crippen LogP contribution in [0.4, 0.5) is 0 Å². The Bertz CT molecular complexity index is 446. The Morgan fingerprint density at radius 3 is 2.36 bits per heavy atom. The van der Waals surface area contributed by atoms with Gasteiger partial charge >= 0.3 is 0 Å². The molecule has 0 radical (unpaired) electrons. The first-order valence-electron chi connectivity index (χ1n) is 4.32. The predicted molar refractivity (Wildman–Crippen MR) is 52.2 cm³/mol. The molecule has 70 valence electrons. The van der Waals surface area contributed by atoms with Crippen LogP contribution >= 0.6 is 0 Å². The molecule has 1 aliphatic carbocycles. The third-order valence-corrected chi connectivity index (χ3v) is 2.25. The second-order valence-electron chi connectivity index (χ2n) is 3.11. The smallest absolute Gasteiger partial charge is 0.191 e. The van der Waals surface area contributed by atoms with Gasteiger partial charge in [0.05, 0.1) is 0 Å². The van der Waals surface area contributed by atoms with E-state index in [-0.39, 0.29) is 18.1 Å². The lowest BCUT2D eigenvalue weighted by molar-refractivity contribution is 0.0983. The van der Waals surface area contributed by atoms with Gasteiger partial charge in [0.1, 0.15) is 0 Å². The van der Waals surface area contributed by atoms with Gasteiger partial charge in [-0.3, -0.25) is 9.59 Å². The average Bonchev–Trinajstić information content (AvgIpc) is 2.23. The van der Waals surface area contributed by atoms with Gasteiger partial charge in [-0.2, -0.15) is 0 Å². The number of hydrogen-bond acceptors (Lipinski definition) is 3. The fraction of sp³-hybridized carbons (Fsp3) is 0.0909. The highest BCUT2D eigenvalue weighted by Crippen LogP contribution is 2.19. The van der Waals surface area contributed by atoms with Crippen LogP contribution in [0.25, 0.3) is 0 Å². The third-order valence-electron chi connectivity index (χ3n) is 2.25. The molecule has 3 nitrogen and oxygen atoms in total. The van der Waals surface area contributed by atoms with Crippen LogP contribution in [0.2, 0.25) is 0 Å². The third kappa shape index (κ3) is 1.18. The topological polar surface area (TPSA) is 60.2 Å². The van der Waals surface area contributed by atoms with Crippen molar-refractivity contribution in [3.05, 3.63) is 47.0 Å². The van der Waals surface area contributed by atoms with E-state index in [9.17, 15) is 9.59 Å². The Morgan fingerprint density at radius 2 is 1.71 bits per heavy atom. The Hall–Kier alpha value is -1.74. The maximum absolute atomic E-state index is 11.7. The molecule has 0 saturated heterocycles. The van der Waals surface area contributed by atoms with Crippen molar-refractivity contribution in [1.29, 1.82) is 0 Å². The standard InChI is InChI=1S/C11H9NO2/c12-6-7-5-10(13)8-3-1-2-4-9(8)11(7)14/h1-5H,6,12H2. The zero-order valence-electron chi connectivity index (χ0n) is 7.49. The molecule has 2 rings (SSSR count). The Labute approximate surface area is 81.2 Å². The summed E-state index contributed by atoms with van der Waals surface area (Å²) in [4.78, 5) is 23.2. The van der Waals surface area contributed by atoms with Gasteiger partial charge in [-0.05, 0) is 6.08 Å². The quantitative estimate of drug-likeness (QED) is 0.712. The Kier molecular flexibility index (Phi) is 2.02. The molecule has 0 bridgehead atoms. The van der Waals surface area contributed by atoms with E-state index in [4.69, 9.17) is 5.73 Å². The van der Waals surface area contributed by atoms with Gasteiger partial charge < -0.3 is 5.73 Å². The second-order valence-corrected chi connectivity index (χ2v) is 3.11. The summed E-state index contributed by atoms with van der Waals surface area (Å²) in [5.74, 6) is -0.275. The number of allylic oxidation sites excluding steroid dienone is 1. The minimum atomic E-state index is -0.138. The van der Waals surface area contributed by atoms with Gasteiger partial charge in [-0.25, -0.2) is 0 Å². The number of Topliss-reactive ketones (excluding diaryl/α,β-unsaturated/α-hetero) is 1. The van der Waals surface area contributed by atoms with E-state index in [1.807, 2.05) is 0 Å². The molecule has 1 aromatic rings. The minimum absolute atomic E-state index is 0.110. The molecule has 0 spiro atoms. The lowest BCUT2D eigenvalue weighted by atomic mass is 9.90. The molecule has 14 heavy (non-hydrogen) atoms. The monoisotopic (exact) mass is 187 g/mol. The summed E-state index contributed by atoms with van der Waals surface area (Å²) in [6.45, 7) is 0.110. The normalized spacial score (nSPS) is 15.1. The lowest BCUT2D eigenvalue weighted by Gasteiger charge is -2.12. The van der Waals surface area contributed by atoms with Crippen molar-refractivity contribution in [2.75, 3.05) is 6.54 Å². The Morgan fingerprint density at radius 1 is 1.07 bits per heavy atom. The van der Waals surface area contributed by atoms with Gasteiger partial charge in [0.2, 0.25) is 0 Å². The van der Waals surface area contributed by atoms with Gasteiger partial charge in [-0.15, -0.1) is 0 Å². The number of nitrogens with two attached hydrogens (primary N) is 1. The summed E-state index contributed by atoms with van der Waals surface area (Å²) in [6, 6.07) is 6.78. The SMILES string of the molecule is NCC1=CC(=O)c2ccccc2C1=O. The van der Waals surface area contributed by atoms with Crippen molar-refractivity contribution in [2.45, 2.75) is 0 Å². The molecule has 0 amide bonds. The number of hydrogen-bond donors (Lipinski definition) is 1. The molecule has 0 unspecified atom stereocenters. The number of rotatable bonds is 1. The van der Waals surface area contributed by atoms with Gasteiger partial charge in [0.25, 0.3) is 0 Å². The Balaban J connectivity index is 2.61. The molecule has 0 aromatic heterocycles. The number of fused-ring (bicyclic) bond motifs is 1. The van der Waals surface area contributed by atoms with Crippen molar-refractivity contribution in [3.63, 3.8) is 0 Å². The summed E-state index contributed by atoms with van der Waals surface area (Å²) in [7, 11) is 0. The predicted octanol–water partition coefficient (Wildman–Crippen LogP) is 0.951. The van der Waals surface area contributed by atoms with Crippen molar-refractivity contribution >= 4 is 11.6 Å². The van der Waals surface area contributed by atoms with E-state index < -0.39 is 0 Å². The lowest BCUT2D eigenvalue weighted by Crippen LogP contribution is -2.21. The van der Waals surface area contributed by atoms with E-state index >= 15 is 0 Å². The molecule has 0 fully saturated rings. The number of carbonyl (C=O) groups excluding carboxylic acids is 2. The zero-order chi connectivity index (χ0) is 10.1. The summed E-state index contributed by atoms with van der Waals surface area (Å²) < 4.78 is 0. The molecule has 0 atom stereocenters. The molecular weight excluding hydrogens is 178 g/mol. The number of ketones is 2. The molecule has 2 N–H and O–H groups in total. The fourth-order valence-corrected chi connectivity index (χ4v) is 1.52. The summed E-state index contributed by atoms with van der Waals surface area (Å²) >= 11 is 0. The van der Waals surface area contributed by atoms with Crippen molar-refractivity contribution in [2.24, 2.45) is 5.73 Å². The molecule has 0 heterocycles. The van der Waals surface area contributed by atoms with Crippen LogP contribution in [0.15, 0.2) is 35.9 Å². The van der Waals surface area contributed by atoms with Crippen LogP contribution in [-0.4, -0.2) is 18.1 Å². The van der Waals surface area contributed by atoms with E-state index in [1.165, 1.54) is 6.08 Å². The van der Waals surface area contributed by atoms with Crippen molar-refractivity contribution in [3.8, 4) is 0 Å². The first-order chi connectivity index (χ1) is 6.74. The summed E-state index contributed by atoms with van der Waals surface area (Å²) in [5.41, 5.74) is 6.68. The fourth-order valence-electron chi connectivity index (χ4n) is 1.52. The van der Waals surface area contributed by atoms with E-state index in [1.54, 1.807) is 24.3 Å². The second kappa shape index (κ2) is 3.20. The van der Waals surface area contributed by atoms with Crippen LogP contribution in [0.3, 0.4) is 0 Å². The van der Waals surface area contributed by atoms with E-state index in [0.717, 1.165) is 0 Å². The van der Waals surface area contributed by atoms with Crippen molar-refractivity contribution in [1.82, 2.24) is 0 Å². The van der Waals surface area contributed by atoms with Crippen molar-refractivity contribution < 1.29 is 9.59 Å². The van der Waals surface area contributed by atoms with Crippen LogP contribution < -0.4 is 5.73 Å². The number of carbonyl (C=O) groups is 2. The molecule has 1 aliphatic rings. The summed E-state index contributed by atoms with van der Waals surface area (Å²) in [6.07, 6.45) is 1.32. The highest BCUT2D eigenvalue weighted by Gasteiger charge is 2.23.